The average Bonchev–Trinajstić information content (AvgIpc) is 2.08. The van der Waals surface area contributed by atoms with Crippen molar-refractivity contribution < 1.29 is 9.31 Å². The highest BCUT2D eigenvalue weighted by Gasteiger charge is 2.08. The Labute approximate surface area is 71.4 Å². The summed E-state index contributed by atoms with van der Waals surface area (Å²) in [6.07, 6.45) is 0. The Morgan fingerprint density at radius 2 is 2.31 bits per heavy atom. The van der Waals surface area contributed by atoms with Gasteiger partial charge in [-0.3, -0.25) is 10.1 Å². The summed E-state index contributed by atoms with van der Waals surface area (Å²) >= 11 is 0. The molecule has 0 aliphatic carbocycles. The van der Waals surface area contributed by atoms with Crippen LogP contribution in [0.4, 0.5) is 15.8 Å². The highest BCUT2D eigenvalue weighted by Crippen LogP contribution is 2.23. The zero-order chi connectivity index (χ0) is 9.84. The van der Waals surface area contributed by atoms with Gasteiger partial charge in [0.05, 0.1) is 10.6 Å². The van der Waals surface area contributed by atoms with Crippen molar-refractivity contribution in [3.63, 3.8) is 0 Å². The van der Waals surface area contributed by atoms with Crippen LogP contribution >= 0.6 is 0 Å². The number of nitrogens with zero attached hydrogens (tertiary/aromatic N) is 4. The molecule has 0 saturated carbocycles. The minimum Gasteiger partial charge on any atom is -0.258 e. The van der Waals surface area contributed by atoms with E-state index in [2.05, 4.69) is 10.0 Å². The van der Waals surface area contributed by atoms with Crippen molar-refractivity contribution in [3.8, 4) is 0 Å². The molecule has 7 heteroatoms. The predicted molar refractivity (Wildman–Crippen MR) is 41.9 cm³/mol. The molecule has 0 aromatic heterocycles. The molecule has 66 valence electrons. The van der Waals surface area contributed by atoms with Crippen molar-refractivity contribution in [2.45, 2.75) is 0 Å². The lowest BCUT2D eigenvalue weighted by Gasteiger charge is -1.94. The number of rotatable bonds is 2. The Morgan fingerprint density at radius 1 is 1.62 bits per heavy atom. The highest BCUT2D eigenvalue weighted by atomic mass is 19.1. The molecule has 1 rings (SSSR count). The number of hydrogen-bond donors (Lipinski definition) is 0. The monoisotopic (exact) mass is 182 g/mol. The van der Waals surface area contributed by atoms with Crippen molar-refractivity contribution in [2.24, 2.45) is 5.11 Å². The third-order valence-electron chi connectivity index (χ3n) is 1.29. The van der Waals surface area contributed by atoms with Crippen LogP contribution in [0.1, 0.15) is 0 Å². The molecule has 0 unspecified atom stereocenters. The van der Waals surface area contributed by atoms with Crippen molar-refractivity contribution >= 4 is 11.4 Å². The number of nitro benzene ring substituents is 1. The number of nitro groups is 1. The first-order valence-corrected chi connectivity index (χ1v) is 3.14. The molecule has 0 bridgehead atoms. The summed E-state index contributed by atoms with van der Waals surface area (Å²) in [5, 5.41) is 13.2. The van der Waals surface area contributed by atoms with Crippen LogP contribution in [0.3, 0.4) is 0 Å². The quantitative estimate of drug-likeness (QED) is 0.231. The lowest BCUT2D eigenvalue weighted by Crippen LogP contribution is -1.87. The van der Waals surface area contributed by atoms with Gasteiger partial charge in [-0.25, -0.2) is 4.39 Å². The largest absolute Gasteiger partial charge is 0.270 e. The maximum Gasteiger partial charge on any atom is 0.270 e. The maximum atomic E-state index is 12.7. The van der Waals surface area contributed by atoms with Gasteiger partial charge < -0.3 is 0 Å². The first-order valence-electron chi connectivity index (χ1n) is 3.14. The second-order valence-electron chi connectivity index (χ2n) is 2.08. The third-order valence-corrected chi connectivity index (χ3v) is 1.29. The van der Waals surface area contributed by atoms with Gasteiger partial charge in [-0.1, -0.05) is 5.11 Å². The van der Waals surface area contributed by atoms with Gasteiger partial charge in [-0.15, -0.1) is 0 Å². The molecular formula is C6H3FN4O2. The fraction of sp³-hybridized carbons (Fsp3) is 0. The standard InChI is InChI=1S/C6H3FN4O2/c7-5-2-1-4(11(12)13)3-6(5)9-10-8/h1-3H. The van der Waals surface area contributed by atoms with Crippen LogP contribution in [0.15, 0.2) is 23.3 Å². The van der Waals surface area contributed by atoms with E-state index < -0.39 is 10.7 Å². The zero-order valence-electron chi connectivity index (χ0n) is 6.22. The van der Waals surface area contributed by atoms with Crippen LogP contribution in [0, 0.1) is 15.9 Å². The summed E-state index contributed by atoms with van der Waals surface area (Å²) in [7, 11) is 0. The molecule has 0 radical (unpaired) electrons. The zero-order valence-corrected chi connectivity index (χ0v) is 6.22. The second kappa shape index (κ2) is 3.51. The fourth-order valence-corrected chi connectivity index (χ4v) is 0.739. The minimum absolute atomic E-state index is 0.316. The Bertz CT molecular complexity index is 400. The van der Waals surface area contributed by atoms with E-state index in [0.717, 1.165) is 18.2 Å². The highest BCUT2D eigenvalue weighted by molar-refractivity contribution is 5.47. The Balaban J connectivity index is 3.26. The summed E-state index contributed by atoms with van der Waals surface area (Å²) in [5.74, 6) is -0.789. The van der Waals surface area contributed by atoms with E-state index in [1.807, 2.05) is 0 Å². The maximum absolute atomic E-state index is 12.7. The molecule has 6 nitrogen and oxygen atoms in total. The first kappa shape index (κ1) is 8.95. The summed E-state index contributed by atoms with van der Waals surface area (Å²) < 4.78 is 12.7. The normalized spacial score (nSPS) is 9.00. The molecule has 0 spiro atoms. The van der Waals surface area contributed by atoms with Crippen LogP contribution in [0.2, 0.25) is 0 Å². The molecule has 0 N–H and O–H groups in total. The van der Waals surface area contributed by atoms with Gasteiger partial charge in [0.2, 0.25) is 0 Å². The van der Waals surface area contributed by atoms with Gasteiger partial charge in [0.1, 0.15) is 5.82 Å². The molecule has 0 saturated heterocycles. The smallest absolute Gasteiger partial charge is 0.258 e. The lowest BCUT2D eigenvalue weighted by molar-refractivity contribution is -0.384. The number of non-ortho nitro benzene ring substituents is 1. The Kier molecular flexibility index (Phi) is 2.41. The third kappa shape index (κ3) is 1.91. The Morgan fingerprint density at radius 3 is 2.85 bits per heavy atom. The van der Waals surface area contributed by atoms with Crippen molar-refractivity contribution in [1.29, 1.82) is 0 Å². The molecule has 13 heavy (non-hydrogen) atoms. The molecule has 1 aromatic rings. The van der Waals surface area contributed by atoms with Crippen LogP contribution in [-0.4, -0.2) is 4.92 Å². The van der Waals surface area contributed by atoms with Gasteiger partial charge in [0.25, 0.3) is 5.69 Å². The van der Waals surface area contributed by atoms with Crippen LogP contribution in [0.5, 0.6) is 0 Å². The van der Waals surface area contributed by atoms with E-state index in [1.54, 1.807) is 0 Å². The van der Waals surface area contributed by atoms with Crippen molar-refractivity contribution in [1.82, 2.24) is 0 Å². The summed E-state index contributed by atoms with van der Waals surface area (Å²) in [5.41, 5.74) is 7.30. The number of benzene rings is 1. The molecule has 0 heterocycles. The van der Waals surface area contributed by atoms with Crippen LogP contribution in [0.25, 0.3) is 10.4 Å². The summed E-state index contributed by atoms with van der Waals surface area (Å²) in [6, 6.07) is 2.74. The van der Waals surface area contributed by atoms with E-state index in [9.17, 15) is 14.5 Å². The predicted octanol–water partition coefficient (Wildman–Crippen LogP) is 2.68. The summed E-state index contributed by atoms with van der Waals surface area (Å²) in [4.78, 5) is 11.8. The van der Waals surface area contributed by atoms with Gasteiger partial charge in [0.15, 0.2) is 0 Å². The number of hydrogen-bond acceptors (Lipinski definition) is 3. The molecule has 0 aliphatic rings. The van der Waals surface area contributed by atoms with Gasteiger partial charge in [-0.2, -0.15) is 0 Å². The summed E-state index contributed by atoms with van der Waals surface area (Å²) in [6.45, 7) is 0. The second-order valence-corrected chi connectivity index (χ2v) is 2.08. The van der Waals surface area contributed by atoms with Gasteiger partial charge in [0, 0.05) is 17.0 Å². The van der Waals surface area contributed by atoms with E-state index in [1.165, 1.54) is 0 Å². The van der Waals surface area contributed by atoms with Crippen LogP contribution < -0.4 is 0 Å². The molecular weight excluding hydrogens is 179 g/mol. The van der Waals surface area contributed by atoms with Gasteiger partial charge in [-0.05, 0) is 11.6 Å². The van der Waals surface area contributed by atoms with Crippen molar-refractivity contribution in [2.75, 3.05) is 0 Å². The van der Waals surface area contributed by atoms with E-state index >= 15 is 0 Å². The van der Waals surface area contributed by atoms with E-state index in [4.69, 9.17) is 5.53 Å². The first-order chi connectivity index (χ1) is 6.15. The number of azide groups is 1. The average molecular weight is 182 g/mol. The lowest BCUT2D eigenvalue weighted by atomic mass is 10.3. The van der Waals surface area contributed by atoms with Gasteiger partial charge >= 0.3 is 0 Å². The van der Waals surface area contributed by atoms with E-state index in [-0.39, 0.29) is 11.4 Å². The number of halogens is 1. The molecule has 0 aliphatic heterocycles. The molecule has 1 aromatic carbocycles. The molecule has 0 atom stereocenters. The molecule has 0 fully saturated rings. The fourth-order valence-electron chi connectivity index (χ4n) is 0.739. The topological polar surface area (TPSA) is 91.9 Å². The SMILES string of the molecule is [N-]=[N+]=Nc1cc([N+](=O)[O-])ccc1F. The van der Waals surface area contributed by atoms with Crippen molar-refractivity contribution in [3.05, 3.63) is 44.6 Å². The molecule has 0 amide bonds. The van der Waals surface area contributed by atoms with E-state index in [0.29, 0.717) is 0 Å². The van der Waals surface area contributed by atoms with Crippen LogP contribution in [-0.2, 0) is 0 Å². The minimum atomic E-state index is -0.789. The Hall–Kier alpha value is -2.14.